The van der Waals surface area contributed by atoms with Gasteiger partial charge in [-0.15, -0.1) is 0 Å². The SMILES string of the molecule is Cc1nc(Br)c(CC2CCCCC2)n1C. The van der Waals surface area contributed by atoms with Crippen LogP contribution < -0.4 is 0 Å². The quantitative estimate of drug-likeness (QED) is 0.803. The van der Waals surface area contributed by atoms with Crippen molar-refractivity contribution in [1.29, 1.82) is 0 Å². The zero-order chi connectivity index (χ0) is 10.8. The van der Waals surface area contributed by atoms with E-state index in [1.54, 1.807) is 0 Å². The van der Waals surface area contributed by atoms with Crippen molar-refractivity contribution in [1.82, 2.24) is 9.55 Å². The number of nitrogens with zero attached hydrogens (tertiary/aromatic N) is 2. The monoisotopic (exact) mass is 270 g/mol. The second-order valence-electron chi connectivity index (χ2n) is 4.66. The first-order valence-corrected chi connectivity index (χ1v) is 6.65. The largest absolute Gasteiger partial charge is 0.334 e. The van der Waals surface area contributed by atoms with Crippen molar-refractivity contribution in [2.45, 2.75) is 45.4 Å². The molecule has 1 aromatic rings. The molecule has 0 bridgehead atoms. The third kappa shape index (κ3) is 2.44. The molecule has 0 N–H and O–H groups in total. The predicted molar refractivity (Wildman–Crippen MR) is 65.9 cm³/mol. The number of hydrogen-bond donors (Lipinski definition) is 0. The lowest BCUT2D eigenvalue weighted by Gasteiger charge is -2.21. The number of aromatic nitrogens is 2. The molecule has 1 aliphatic carbocycles. The third-order valence-corrected chi connectivity index (χ3v) is 4.23. The van der Waals surface area contributed by atoms with E-state index in [1.165, 1.54) is 44.2 Å². The Balaban J connectivity index is 2.09. The van der Waals surface area contributed by atoms with Gasteiger partial charge in [-0.25, -0.2) is 4.98 Å². The van der Waals surface area contributed by atoms with Gasteiger partial charge in [0.05, 0.1) is 5.69 Å². The van der Waals surface area contributed by atoms with Crippen molar-refractivity contribution >= 4 is 15.9 Å². The first-order chi connectivity index (χ1) is 7.18. The highest BCUT2D eigenvalue weighted by atomic mass is 79.9. The number of hydrogen-bond acceptors (Lipinski definition) is 1. The average molecular weight is 271 g/mol. The van der Waals surface area contributed by atoms with Crippen LogP contribution >= 0.6 is 15.9 Å². The van der Waals surface area contributed by atoms with Gasteiger partial charge in [-0.3, -0.25) is 0 Å². The third-order valence-electron chi connectivity index (χ3n) is 3.60. The lowest BCUT2D eigenvalue weighted by atomic mass is 9.86. The van der Waals surface area contributed by atoms with Gasteiger partial charge in [-0.05, 0) is 35.2 Å². The van der Waals surface area contributed by atoms with E-state index in [0.29, 0.717) is 0 Å². The van der Waals surface area contributed by atoms with Gasteiger partial charge >= 0.3 is 0 Å². The zero-order valence-electron chi connectivity index (χ0n) is 9.59. The van der Waals surface area contributed by atoms with Crippen molar-refractivity contribution in [3.05, 3.63) is 16.1 Å². The molecule has 0 amide bonds. The molecule has 0 saturated heterocycles. The molecule has 1 aliphatic rings. The number of imidazole rings is 1. The van der Waals surface area contributed by atoms with E-state index in [4.69, 9.17) is 0 Å². The molecule has 0 aromatic carbocycles. The van der Waals surface area contributed by atoms with E-state index in [-0.39, 0.29) is 0 Å². The molecule has 2 nitrogen and oxygen atoms in total. The minimum absolute atomic E-state index is 0.879. The summed E-state index contributed by atoms with van der Waals surface area (Å²) in [5.41, 5.74) is 1.37. The maximum Gasteiger partial charge on any atom is 0.127 e. The molecule has 1 aromatic heterocycles. The summed E-state index contributed by atoms with van der Waals surface area (Å²) in [6.07, 6.45) is 8.26. The Morgan fingerprint density at radius 2 is 2.00 bits per heavy atom. The van der Waals surface area contributed by atoms with Crippen LogP contribution in [-0.2, 0) is 13.5 Å². The highest BCUT2D eigenvalue weighted by Gasteiger charge is 2.18. The lowest BCUT2D eigenvalue weighted by Crippen LogP contribution is -2.12. The molecule has 0 aliphatic heterocycles. The van der Waals surface area contributed by atoms with Crippen LogP contribution in [0, 0.1) is 12.8 Å². The van der Waals surface area contributed by atoms with Crippen molar-refractivity contribution in [2.24, 2.45) is 13.0 Å². The van der Waals surface area contributed by atoms with Crippen molar-refractivity contribution in [3.63, 3.8) is 0 Å². The maximum absolute atomic E-state index is 4.46. The summed E-state index contributed by atoms with van der Waals surface area (Å²) in [4.78, 5) is 4.46. The minimum atomic E-state index is 0.879. The summed E-state index contributed by atoms with van der Waals surface area (Å²) >= 11 is 3.56. The number of rotatable bonds is 2. The fourth-order valence-electron chi connectivity index (χ4n) is 2.50. The molecule has 0 unspecified atom stereocenters. The van der Waals surface area contributed by atoms with Crippen molar-refractivity contribution in [3.8, 4) is 0 Å². The summed E-state index contributed by atoms with van der Waals surface area (Å²) in [5.74, 6) is 1.98. The van der Waals surface area contributed by atoms with Crippen LogP contribution in [0.1, 0.15) is 43.6 Å². The second kappa shape index (κ2) is 4.69. The van der Waals surface area contributed by atoms with Crippen LogP contribution in [0.25, 0.3) is 0 Å². The van der Waals surface area contributed by atoms with E-state index >= 15 is 0 Å². The summed E-state index contributed by atoms with van der Waals surface area (Å²) in [6.45, 7) is 2.06. The van der Waals surface area contributed by atoms with Gasteiger partial charge in [0.15, 0.2) is 0 Å². The fraction of sp³-hybridized carbons (Fsp3) is 0.750. The Bertz CT molecular complexity index is 338. The molecule has 0 atom stereocenters. The van der Waals surface area contributed by atoms with E-state index in [2.05, 4.69) is 39.5 Å². The van der Waals surface area contributed by atoms with Gasteiger partial charge in [0.1, 0.15) is 10.4 Å². The topological polar surface area (TPSA) is 17.8 Å². The molecule has 1 heterocycles. The molecule has 3 heteroatoms. The smallest absolute Gasteiger partial charge is 0.127 e. The fourth-order valence-corrected chi connectivity index (χ4v) is 3.19. The standard InChI is InChI=1S/C12H19BrN2/c1-9-14-12(13)11(15(9)2)8-10-6-4-3-5-7-10/h10H,3-8H2,1-2H3. The molecule has 0 spiro atoms. The Hall–Kier alpha value is -0.310. The number of halogens is 1. The van der Waals surface area contributed by atoms with Crippen LogP contribution in [0.2, 0.25) is 0 Å². The highest BCUT2D eigenvalue weighted by molar-refractivity contribution is 9.10. The normalized spacial score (nSPS) is 18.3. The van der Waals surface area contributed by atoms with E-state index in [0.717, 1.165) is 16.3 Å². The van der Waals surface area contributed by atoms with Crippen LogP contribution in [-0.4, -0.2) is 9.55 Å². The molecule has 0 radical (unpaired) electrons. The summed E-state index contributed by atoms with van der Waals surface area (Å²) in [7, 11) is 2.12. The second-order valence-corrected chi connectivity index (χ2v) is 5.41. The molecule has 84 valence electrons. The van der Waals surface area contributed by atoms with E-state index in [1.807, 2.05) is 0 Å². The van der Waals surface area contributed by atoms with E-state index < -0.39 is 0 Å². The molecule has 15 heavy (non-hydrogen) atoms. The van der Waals surface area contributed by atoms with Crippen LogP contribution in [0.3, 0.4) is 0 Å². The van der Waals surface area contributed by atoms with Gasteiger partial charge in [-0.1, -0.05) is 32.1 Å². The first kappa shape index (κ1) is 11.2. The van der Waals surface area contributed by atoms with Crippen LogP contribution in [0.5, 0.6) is 0 Å². The Morgan fingerprint density at radius 1 is 1.33 bits per heavy atom. The van der Waals surface area contributed by atoms with Crippen LogP contribution in [0.4, 0.5) is 0 Å². The zero-order valence-corrected chi connectivity index (χ0v) is 11.2. The Morgan fingerprint density at radius 3 is 2.53 bits per heavy atom. The van der Waals surface area contributed by atoms with Gasteiger partial charge < -0.3 is 4.57 Å². The first-order valence-electron chi connectivity index (χ1n) is 5.86. The van der Waals surface area contributed by atoms with Crippen molar-refractivity contribution < 1.29 is 0 Å². The maximum atomic E-state index is 4.46. The molecular formula is C12H19BrN2. The van der Waals surface area contributed by atoms with E-state index in [9.17, 15) is 0 Å². The predicted octanol–water partition coefficient (Wildman–Crippen LogP) is 3.61. The lowest BCUT2D eigenvalue weighted by molar-refractivity contribution is 0.351. The highest BCUT2D eigenvalue weighted by Crippen LogP contribution is 2.29. The summed E-state index contributed by atoms with van der Waals surface area (Å²) in [6, 6.07) is 0. The number of aryl methyl sites for hydroxylation is 1. The minimum Gasteiger partial charge on any atom is -0.334 e. The van der Waals surface area contributed by atoms with Crippen molar-refractivity contribution in [2.75, 3.05) is 0 Å². The summed E-state index contributed by atoms with van der Waals surface area (Å²) < 4.78 is 3.27. The average Bonchev–Trinajstić information content (AvgIpc) is 2.47. The van der Waals surface area contributed by atoms with Gasteiger partial charge in [0.25, 0.3) is 0 Å². The Labute approximate surface area is 100 Å². The molecular weight excluding hydrogens is 252 g/mol. The molecule has 2 rings (SSSR count). The molecule has 1 saturated carbocycles. The Kier molecular flexibility index (Phi) is 3.49. The molecule has 1 fully saturated rings. The summed E-state index contributed by atoms with van der Waals surface area (Å²) in [5, 5.41) is 0. The van der Waals surface area contributed by atoms with Gasteiger partial charge in [0, 0.05) is 7.05 Å². The van der Waals surface area contributed by atoms with Gasteiger partial charge in [0.2, 0.25) is 0 Å². The van der Waals surface area contributed by atoms with Crippen LogP contribution in [0.15, 0.2) is 4.60 Å². The van der Waals surface area contributed by atoms with Gasteiger partial charge in [-0.2, -0.15) is 0 Å².